The highest BCUT2D eigenvalue weighted by atomic mass is 16.6. The van der Waals surface area contributed by atoms with Crippen LogP contribution in [-0.2, 0) is 11.3 Å². The van der Waals surface area contributed by atoms with Gasteiger partial charge in [0, 0.05) is 24.2 Å². The Labute approximate surface area is 138 Å². The Bertz CT molecular complexity index is 759. The van der Waals surface area contributed by atoms with E-state index >= 15 is 0 Å². The van der Waals surface area contributed by atoms with E-state index in [1.54, 1.807) is 6.92 Å². The van der Waals surface area contributed by atoms with Crippen LogP contribution in [0.4, 0.5) is 5.69 Å². The zero-order valence-corrected chi connectivity index (χ0v) is 13.0. The quantitative estimate of drug-likeness (QED) is 0.499. The first kappa shape index (κ1) is 17.1. The minimum atomic E-state index is -0.710. The van der Waals surface area contributed by atoms with Gasteiger partial charge in [0.15, 0.2) is 0 Å². The van der Waals surface area contributed by atoms with Gasteiger partial charge in [-0.1, -0.05) is 30.3 Å². The van der Waals surface area contributed by atoms with Crippen LogP contribution in [0.5, 0.6) is 0 Å². The molecule has 7 nitrogen and oxygen atoms in total. The summed E-state index contributed by atoms with van der Waals surface area (Å²) in [6.07, 6.45) is 0. The number of nitrogens with one attached hydrogen (secondary N) is 1. The summed E-state index contributed by atoms with van der Waals surface area (Å²) in [5.74, 6) is -1.22. The minimum Gasteiger partial charge on any atom is -0.462 e. The molecule has 24 heavy (non-hydrogen) atoms. The number of hydrogen-bond donors (Lipinski definition) is 1. The van der Waals surface area contributed by atoms with E-state index in [0.29, 0.717) is 0 Å². The molecule has 2 rings (SSSR count). The zero-order valence-electron chi connectivity index (χ0n) is 13.0. The number of carbonyl (C=O) groups is 2. The molecule has 0 aliphatic rings. The average molecular weight is 328 g/mol. The largest absolute Gasteiger partial charge is 0.462 e. The summed E-state index contributed by atoms with van der Waals surface area (Å²) in [5, 5.41) is 13.7. The number of hydrogen-bond acceptors (Lipinski definition) is 5. The number of nitro benzene ring substituents is 1. The maximum absolute atomic E-state index is 12.2. The lowest BCUT2D eigenvalue weighted by Gasteiger charge is -2.07. The Kier molecular flexibility index (Phi) is 5.62. The molecule has 1 N–H and O–H groups in total. The number of nitrogens with zero attached hydrogens (tertiary/aromatic N) is 1. The molecule has 7 heteroatoms. The number of benzene rings is 2. The van der Waals surface area contributed by atoms with Gasteiger partial charge < -0.3 is 10.1 Å². The second-order valence-electron chi connectivity index (χ2n) is 4.91. The van der Waals surface area contributed by atoms with Crippen LogP contribution in [-0.4, -0.2) is 23.4 Å². The first-order chi connectivity index (χ1) is 11.5. The number of non-ortho nitro benzene ring substituents is 1. The van der Waals surface area contributed by atoms with Crippen LogP contribution in [0.15, 0.2) is 48.5 Å². The monoisotopic (exact) mass is 328 g/mol. The van der Waals surface area contributed by atoms with E-state index < -0.39 is 16.8 Å². The molecule has 2 aromatic carbocycles. The van der Waals surface area contributed by atoms with Gasteiger partial charge in [0.05, 0.1) is 17.1 Å². The van der Waals surface area contributed by atoms with Crippen molar-refractivity contribution < 1.29 is 19.2 Å². The van der Waals surface area contributed by atoms with Gasteiger partial charge in [0.25, 0.3) is 11.6 Å². The maximum atomic E-state index is 12.2. The van der Waals surface area contributed by atoms with Crippen molar-refractivity contribution in [3.05, 3.63) is 75.3 Å². The van der Waals surface area contributed by atoms with Gasteiger partial charge >= 0.3 is 5.97 Å². The minimum absolute atomic E-state index is 0.0307. The molecule has 0 spiro atoms. The van der Waals surface area contributed by atoms with Crippen molar-refractivity contribution in [2.75, 3.05) is 6.61 Å². The topological polar surface area (TPSA) is 98.5 Å². The van der Waals surface area contributed by atoms with Crippen LogP contribution in [0.25, 0.3) is 0 Å². The summed E-state index contributed by atoms with van der Waals surface area (Å²) in [6, 6.07) is 12.7. The summed E-state index contributed by atoms with van der Waals surface area (Å²) >= 11 is 0. The Hall–Kier alpha value is -3.22. The van der Waals surface area contributed by atoms with Crippen molar-refractivity contribution in [3.8, 4) is 0 Å². The summed E-state index contributed by atoms with van der Waals surface area (Å²) in [7, 11) is 0. The smallest absolute Gasteiger partial charge is 0.338 e. The summed E-state index contributed by atoms with van der Waals surface area (Å²) < 4.78 is 4.83. The summed E-state index contributed by atoms with van der Waals surface area (Å²) in [4.78, 5) is 34.4. The Morgan fingerprint density at radius 3 is 2.42 bits per heavy atom. The van der Waals surface area contributed by atoms with Crippen molar-refractivity contribution in [1.29, 1.82) is 0 Å². The molecule has 124 valence electrons. The molecular formula is C17H16N2O5. The van der Waals surface area contributed by atoms with Crippen molar-refractivity contribution in [2.45, 2.75) is 13.5 Å². The zero-order chi connectivity index (χ0) is 17.5. The predicted octanol–water partition coefficient (Wildman–Crippen LogP) is 2.70. The highest BCUT2D eigenvalue weighted by Gasteiger charge is 2.18. The highest BCUT2D eigenvalue weighted by Crippen LogP contribution is 2.18. The van der Waals surface area contributed by atoms with Crippen LogP contribution >= 0.6 is 0 Å². The van der Waals surface area contributed by atoms with Crippen LogP contribution in [0.1, 0.15) is 33.2 Å². The molecule has 0 aliphatic heterocycles. The van der Waals surface area contributed by atoms with Gasteiger partial charge in [0.2, 0.25) is 0 Å². The van der Waals surface area contributed by atoms with Crippen molar-refractivity contribution >= 4 is 17.6 Å². The van der Waals surface area contributed by atoms with E-state index in [2.05, 4.69) is 5.32 Å². The number of nitro groups is 1. The number of esters is 1. The van der Waals surface area contributed by atoms with Gasteiger partial charge in [-0.15, -0.1) is 0 Å². The van der Waals surface area contributed by atoms with Gasteiger partial charge in [-0.2, -0.15) is 0 Å². The summed E-state index contributed by atoms with van der Waals surface area (Å²) in [5.41, 5.74) is 0.548. The lowest BCUT2D eigenvalue weighted by atomic mass is 10.1. The van der Waals surface area contributed by atoms with Crippen LogP contribution in [0.2, 0.25) is 0 Å². The molecule has 2 aromatic rings. The first-order valence-electron chi connectivity index (χ1n) is 7.30. The maximum Gasteiger partial charge on any atom is 0.338 e. The fraction of sp³-hybridized carbons (Fsp3) is 0.176. The molecule has 0 saturated heterocycles. The molecule has 0 aromatic heterocycles. The molecule has 0 bridgehead atoms. The average Bonchev–Trinajstić information content (AvgIpc) is 2.60. The van der Waals surface area contributed by atoms with Gasteiger partial charge in [-0.25, -0.2) is 4.79 Å². The first-order valence-corrected chi connectivity index (χ1v) is 7.30. The van der Waals surface area contributed by atoms with Crippen molar-refractivity contribution in [2.24, 2.45) is 0 Å². The van der Waals surface area contributed by atoms with Gasteiger partial charge in [-0.3, -0.25) is 14.9 Å². The van der Waals surface area contributed by atoms with Crippen LogP contribution < -0.4 is 5.32 Å². The van der Waals surface area contributed by atoms with Crippen molar-refractivity contribution in [1.82, 2.24) is 5.32 Å². The second kappa shape index (κ2) is 7.87. The van der Waals surface area contributed by atoms with Crippen LogP contribution in [0.3, 0.4) is 0 Å². The Morgan fingerprint density at radius 1 is 1.12 bits per heavy atom. The third-order valence-electron chi connectivity index (χ3n) is 3.20. The highest BCUT2D eigenvalue weighted by molar-refractivity contribution is 5.98. The SMILES string of the molecule is CCOC(=O)c1cc(C(=O)NCc2ccccc2)cc([N+](=O)[O-])c1. The van der Waals surface area contributed by atoms with Crippen LogP contribution in [0, 0.1) is 10.1 Å². The van der Waals surface area contributed by atoms with Crippen molar-refractivity contribution in [3.63, 3.8) is 0 Å². The fourth-order valence-electron chi connectivity index (χ4n) is 2.06. The lowest BCUT2D eigenvalue weighted by molar-refractivity contribution is -0.384. The van der Waals surface area contributed by atoms with E-state index in [-0.39, 0.29) is 30.0 Å². The van der Waals surface area contributed by atoms with E-state index in [9.17, 15) is 19.7 Å². The molecular weight excluding hydrogens is 312 g/mol. The van der Waals surface area contributed by atoms with Gasteiger partial charge in [0.1, 0.15) is 0 Å². The van der Waals surface area contributed by atoms with Gasteiger partial charge in [-0.05, 0) is 18.6 Å². The number of ether oxygens (including phenoxy) is 1. The van der Waals surface area contributed by atoms with E-state index in [1.807, 2.05) is 30.3 Å². The summed E-state index contributed by atoms with van der Waals surface area (Å²) in [6.45, 7) is 2.04. The Morgan fingerprint density at radius 2 is 1.79 bits per heavy atom. The third-order valence-corrected chi connectivity index (χ3v) is 3.20. The molecule has 0 aliphatic carbocycles. The lowest BCUT2D eigenvalue weighted by Crippen LogP contribution is -2.23. The molecule has 1 amide bonds. The standard InChI is InChI=1S/C17H16N2O5/c1-2-24-17(21)14-8-13(9-15(10-14)19(22)23)16(20)18-11-12-6-4-3-5-7-12/h3-10H,2,11H2,1H3,(H,18,20). The number of carbonyl (C=O) groups excluding carboxylic acids is 2. The second-order valence-corrected chi connectivity index (χ2v) is 4.91. The van der Waals surface area contributed by atoms with E-state index in [1.165, 1.54) is 6.07 Å². The van der Waals surface area contributed by atoms with E-state index in [0.717, 1.165) is 17.7 Å². The molecule has 0 unspecified atom stereocenters. The number of amides is 1. The number of rotatable bonds is 6. The molecule has 0 atom stereocenters. The molecule has 0 saturated carbocycles. The normalized spacial score (nSPS) is 10.0. The Balaban J connectivity index is 2.22. The van der Waals surface area contributed by atoms with E-state index in [4.69, 9.17) is 4.74 Å². The predicted molar refractivity (Wildman–Crippen MR) is 86.7 cm³/mol. The molecule has 0 radical (unpaired) electrons. The molecule has 0 fully saturated rings. The third kappa shape index (κ3) is 4.39. The fourth-order valence-corrected chi connectivity index (χ4v) is 2.06. The molecule has 0 heterocycles.